The van der Waals surface area contributed by atoms with Crippen LogP contribution in [-0.2, 0) is 0 Å². The van der Waals surface area contributed by atoms with E-state index in [0.717, 1.165) is 54.3 Å². The van der Waals surface area contributed by atoms with Crippen molar-refractivity contribution >= 4 is 133 Å². The molecule has 0 fully saturated rings. The molecule has 0 aromatic heterocycles. The Kier molecular flexibility index (Phi) is 21.2. The van der Waals surface area contributed by atoms with Crippen molar-refractivity contribution in [2.24, 2.45) is 0 Å². The monoisotopic (exact) mass is 1810 g/mol. The average Bonchev–Trinajstić information content (AvgIpc) is 0.673. The number of carbonyl (C=O) groups excluding carboxylic acids is 8. The van der Waals surface area contributed by atoms with Gasteiger partial charge in [0, 0.05) is 99.3 Å². The second-order valence-corrected chi connectivity index (χ2v) is 35.9. The lowest BCUT2D eigenvalue weighted by Crippen LogP contribution is -2.41. The minimum absolute atomic E-state index is 0.0377. The summed E-state index contributed by atoms with van der Waals surface area (Å²) in [4.78, 5) is 131. The maximum atomic E-state index is 16.2. The Morgan fingerprint density at radius 1 is 0.196 bits per heavy atom. The highest BCUT2D eigenvalue weighted by molar-refractivity contribution is 6.47. The zero-order valence-corrected chi connectivity index (χ0v) is 77.1. The predicted octanol–water partition coefficient (Wildman–Crippen LogP) is 27.3. The summed E-state index contributed by atoms with van der Waals surface area (Å²) in [5, 5.41) is 5.30. The van der Waals surface area contributed by atoms with Crippen LogP contribution in [0.15, 0.2) is 243 Å². The van der Waals surface area contributed by atoms with E-state index in [-0.39, 0.29) is 114 Å². The molecule has 4 heterocycles. The lowest BCUT2D eigenvalue weighted by Gasteiger charge is -2.32. The lowest BCUT2D eigenvalue weighted by molar-refractivity contribution is 0.0593. The maximum absolute atomic E-state index is 16.2. The van der Waals surface area contributed by atoms with Gasteiger partial charge < -0.3 is 37.9 Å². The Morgan fingerprint density at radius 3 is 0.486 bits per heavy atom. The molecule has 0 spiro atoms. The quantitative estimate of drug-likeness (QED) is 0.0237. The van der Waals surface area contributed by atoms with Gasteiger partial charge in [0.15, 0.2) is 0 Å². The van der Waals surface area contributed by atoms with Crippen LogP contribution >= 0.6 is 0 Å². The smallest absolute Gasteiger partial charge is 0.262 e. The van der Waals surface area contributed by atoms with Gasteiger partial charge in [-0.05, 0) is 226 Å². The molecule has 0 atom stereocenters. The maximum Gasteiger partial charge on any atom is 0.262 e. The molecular formula is C118H86N4O16. The molecule has 0 bridgehead atoms. The number of rotatable bonds is 24. The van der Waals surface area contributed by atoms with E-state index in [2.05, 4.69) is 23.7 Å². The van der Waals surface area contributed by atoms with Gasteiger partial charge in [0.1, 0.15) is 92.0 Å². The summed E-state index contributed by atoms with van der Waals surface area (Å²) >= 11 is 0. The van der Waals surface area contributed by atoms with Crippen molar-refractivity contribution in [1.29, 1.82) is 0 Å². The van der Waals surface area contributed by atoms with Gasteiger partial charge in [-0.3, -0.25) is 58.0 Å². The topological polar surface area (TPSA) is 223 Å². The molecule has 18 aromatic carbocycles. The first-order valence-electron chi connectivity index (χ1n) is 46.0. The second-order valence-electron chi connectivity index (χ2n) is 35.9. The van der Waals surface area contributed by atoms with E-state index >= 15 is 38.4 Å². The third-order valence-corrected chi connectivity index (χ3v) is 26.3. The van der Waals surface area contributed by atoms with Crippen molar-refractivity contribution in [1.82, 2.24) is 19.6 Å². The Morgan fingerprint density at radius 2 is 0.341 bits per heavy atom. The van der Waals surface area contributed by atoms with Crippen molar-refractivity contribution < 1.29 is 76.3 Å². The first-order valence-corrected chi connectivity index (χ1v) is 46.0. The van der Waals surface area contributed by atoms with E-state index in [9.17, 15) is 0 Å². The highest BCUT2D eigenvalue weighted by Crippen LogP contribution is 2.61. The molecule has 4 aliphatic heterocycles. The fourth-order valence-corrected chi connectivity index (χ4v) is 19.4. The zero-order chi connectivity index (χ0) is 95.1. The number of hydrogen-bond acceptors (Lipinski definition) is 16. The summed E-state index contributed by atoms with van der Waals surface area (Å²) in [5.41, 5.74) is 8.50. The Balaban J connectivity index is 0.714. The molecule has 0 saturated carbocycles. The van der Waals surface area contributed by atoms with Crippen LogP contribution in [0.2, 0.25) is 0 Å². The Bertz CT molecular complexity index is 7520. The van der Waals surface area contributed by atoms with Crippen LogP contribution in [0.1, 0.15) is 167 Å². The molecule has 0 radical (unpaired) electrons. The SMILES string of the molecule is CCCCN1C(=O)c2cc(Oc3ccc(C)cc3)c3c4c(Oc5ccc(C)cc5)cc5c6c(cc(Oc7ccc(C)cc7)c(c7c(Oc8ccc(C)cc8)cc(c2c37)C1=O)c64)C(=O)N(CC#CC#CCN1C(=O)c2cc(Oc3ccc(C)cc3)c3c4c(Oc6ccc(C)cc6)cc6c7c(cc(Oc8ccc(C)cc8)c(c8c(Oc9ccc(C)cc9)cc(c2c38)C1=O)c74)C(=O)N(CCCC)C6=O)C5=O. The highest BCUT2D eigenvalue weighted by atomic mass is 16.5. The van der Waals surface area contributed by atoms with Gasteiger partial charge in [-0.1, -0.05) is 180 Å². The molecule has 18 aromatic rings. The number of nitrogens with zero attached hydrogens (tertiary/aromatic N) is 4. The summed E-state index contributed by atoms with van der Waals surface area (Å²) in [7, 11) is 0. The number of aryl methyl sites for hydroxylation is 8. The molecule has 0 N–H and O–H groups in total. The van der Waals surface area contributed by atoms with Crippen LogP contribution in [0.5, 0.6) is 92.0 Å². The van der Waals surface area contributed by atoms with Crippen molar-refractivity contribution in [3.05, 3.63) is 332 Å². The fourth-order valence-electron chi connectivity index (χ4n) is 19.4. The van der Waals surface area contributed by atoms with E-state index in [1.54, 1.807) is 97.1 Å². The third kappa shape index (κ3) is 14.6. The Hall–Kier alpha value is -17.4. The predicted molar refractivity (Wildman–Crippen MR) is 532 cm³/mol. The molecule has 20 nitrogen and oxygen atoms in total. The van der Waals surface area contributed by atoms with Crippen LogP contribution in [0, 0.1) is 79.1 Å². The van der Waals surface area contributed by atoms with E-state index in [4.69, 9.17) is 37.9 Å². The van der Waals surface area contributed by atoms with E-state index in [1.165, 1.54) is 9.80 Å². The first kappa shape index (κ1) is 86.1. The van der Waals surface area contributed by atoms with Crippen molar-refractivity contribution in [2.75, 3.05) is 26.2 Å². The minimum atomic E-state index is -0.757. The van der Waals surface area contributed by atoms with Gasteiger partial charge in [0.25, 0.3) is 47.3 Å². The molecule has 8 amide bonds. The van der Waals surface area contributed by atoms with E-state index < -0.39 is 60.3 Å². The summed E-state index contributed by atoms with van der Waals surface area (Å²) in [6.45, 7) is 18.8. The van der Waals surface area contributed by atoms with Gasteiger partial charge in [0.05, 0.1) is 57.6 Å². The number of carbonyl (C=O) groups is 8. The van der Waals surface area contributed by atoms with Gasteiger partial charge in [-0.25, -0.2) is 0 Å². The van der Waals surface area contributed by atoms with Gasteiger partial charge in [-0.2, -0.15) is 0 Å². The number of benzene rings is 18. The molecule has 0 saturated heterocycles. The molecule has 20 heteroatoms. The highest BCUT2D eigenvalue weighted by Gasteiger charge is 2.45. The fraction of sp³-hybridized carbons (Fsp3) is 0.153. The molecular weight excluding hydrogens is 1730 g/mol. The number of hydrogen-bond donors (Lipinski definition) is 0. The molecule has 674 valence electrons. The summed E-state index contributed by atoms with van der Waals surface area (Å²) in [6, 6.07) is 72.5. The molecule has 4 aliphatic rings. The lowest BCUT2D eigenvalue weighted by atomic mass is 9.80. The summed E-state index contributed by atoms with van der Waals surface area (Å²) < 4.78 is 57.4. The van der Waals surface area contributed by atoms with Crippen LogP contribution in [0.4, 0.5) is 0 Å². The number of unbranched alkanes of at least 4 members (excludes halogenated alkanes) is 2. The third-order valence-electron chi connectivity index (χ3n) is 26.3. The molecule has 0 aliphatic carbocycles. The number of fused-ring (bicyclic) bond motifs is 4. The average molecular weight is 1820 g/mol. The molecule has 138 heavy (non-hydrogen) atoms. The standard InChI is InChI=1S/C118H86N4O16/c1-11-13-51-119-111(123)79-55-87(131-71-35-19-63(3)20-36-71)99-103-91(135-75-43-27-67(7)28-44-75)59-83-97-84(60-92(136-76-45-29-68(8)30-46-76)104(109(97)103)100-88(132-72-37-21-64(4)22-38-72)56-80(112(119)124)95(79)107(99)100)116(128)121(115(83)127)53-17-15-16-18-54-122-117(129)85-61-93(137-77-47-31-69(9)32-48-77)105-101-89(133-73-39-23-65(5)24-40-73)57-81-96-82(114(126)120(113(81)125)52-14-12-2)58-90(134-74-41-25-66(6)26-42-74)102(108(96)101)106-94(138-78-49-33-70(10)34-50-78)62-86(118(122)130)98(85)110(105)106/h19-50,55-62H,11-14,51-54H2,1-10H3. The second kappa shape index (κ2) is 34.0. The van der Waals surface area contributed by atoms with Gasteiger partial charge in [0.2, 0.25) is 0 Å². The van der Waals surface area contributed by atoms with Crippen molar-refractivity contribution in [2.45, 2.75) is 94.9 Å². The minimum Gasteiger partial charge on any atom is -0.457 e. The van der Waals surface area contributed by atoms with Crippen LogP contribution in [0.25, 0.3) is 86.2 Å². The summed E-state index contributed by atoms with van der Waals surface area (Å²) in [5.74, 6) is 10.9. The van der Waals surface area contributed by atoms with Gasteiger partial charge >= 0.3 is 0 Å². The summed E-state index contributed by atoms with van der Waals surface area (Å²) in [6.07, 6.45) is 2.45. The normalized spacial score (nSPS) is 13.3. The molecule has 0 unspecified atom stereocenters. The van der Waals surface area contributed by atoms with E-state index in [1.807, 2.05) is 215 Å². The van der Waals surface area contributed by atoms with Crippen LogP contribution in [0.3, 0.4) is 0 Å². The van der Waals surface area contributed by atoms with Crippen molar-refractivity contribution in [3.8, 4) is 116 Å². The van der Waals surface area contributed by atoms with E-state index in [0.29, 0.717) is 147 Å². The first-order chi connectivity index (χ1) is 66.9. The van der Waals surface area contributed by atoms with Crippen molar-refractivity contribution in [3.63, 3.8) is 0 Å². The zero-order valence-electron chi connectivity index (χ0n) is 77.1. The van der Waals surface area contributed by atoms with Gasteiger partial charge in [-0.15, -0.1) is 0 Å². The van der Waals surface area contributed by atoms with Crippen LogP contribution < -0.4 is 37.9 Å². The Labute approximate surface area is 793 Å². The number of amides is 8. The molecule has 22 rings (SSSR count). The van der Waals surface area contributed by atoms with Crippen LogP contribution in [-0.4, -0.2) is 93.0 Å². The number of ether oxygens (including phenoxy) is 8. The number of imide groups is 4. The largest absolute Gasteiger partial charge is 0.457 e.